The molecule has 0 fully saturated rings. The minimum Gasteiger partial charge on any atom is -0.289 e. The van der Waals surface area contributed by atoms with Gasteiger partial charge < -0.3 is 0 Å². The highest BCUT2D eigenvalue weighted by molar-refractivity contribution is 6.10. The molecule has 0 radical (unpaired) electrons. The highest BCUT2D eigenvalue weighted by Crippen LogP contribution is 2.24. The van der Waals surface area contributed by atoms with E-state index in [1.54, 1.807) is 0 Å². The maximum Gasteiger partial charge on any atom is 0.189 e. The van der Waals surface area contributed by atoms with E-state index in [1.807, 2.05) is 32.0 Å². The molecule has 1 aliphatic carbocycles. The van der Waals surface area contributed by atoms with Gasteiger partial charge >= 0.3 is 0 Å². The van der Waals surface area contributed by atoms with Crippen LogP contribution in [0.25, 0.3) is 0 Å². The third-order valence-corrected chi connectivity index (χ3v) is 3.29. The number of hydrogen-bond donors (Lipinski definition) is 0. The fraction of sp³-hybridized carbons (Fsp3) is 0.400. The van der Waals surface area contributed by atoms with Crippen LogP contribution in [0, 0.1) is 13.8 Å². The van der Waals surface area contributed by atoms with Crippen LogP contribution in [0.2, 0.25) is 0 Å². The molecule has 0 N–H and O–H groups in total. The Kier molecular flexibility index (Phi) is 3.23. The third-order valence-electron chi connectivity index (χ3n) is 3.29. The van der Waals surface area contributed by atoms with Crippen molar-refractivity contribution >= 4 is 5.78 Å². The Morgan fingerprint density at radius 2 is 1.81 bits per heavy atom. The number of allylic oxidation sites excluding steroid dienone is 2. The normalized spacial score (nSPS) is 15.8. The Morgan fingerprint density at radius 1 is 1.12 bits per heavy atom. The van der Waals surface area contributed by atoms with Gasteiger partial charge in [0.05, 0.1) is 0 Å². The van der Waals surface area contributed by atoms with Crippen LogP contribution in [0.4, 0.5) is 0 Å². The summed E-state index contributed by atoms with van der Waals surface area (Å²) in [4.78, 5) is 12.4. The summed E-state index contributed by atoms with van der Waals surface area (Å²) in [5.41, 5.74) is 4.12. The molecule has 16 heavy (non-hydrogen) atoms. The first kappa shape index (κ1) is 11.1. The van der Waals surface area contributed by atoms with Crippen molar-refractivity contribution < 1.29 is 4.79 Å². The fourth-order valence-electron chi connectivity index (χ4n) is 2.38. The summed E-state index contributed by atoms with van der Waals surface area (Å²) in [5.74, 6) is 0.246. The lowest BCUT2D eigenvalue weighted by Crippen LogP contribution is -2.09. The summed E-state index contributed by atoms with van der Waals surface area (Å²) in [5, 5.41) is 0. The van der Waals surface area contributed by atoms with Gasteiger partial charge in [0, 0.05) is 5.56 Å². The Bertz CT molecular complexity index is 420. The lowest BCUT2D eigenvalue weighted by Gasteiger charge is -2.14. The van der Waals surface area contributed by atoms with Crippen LogP contribution in [0.15, 0.2) is 29.8 Å². The molecule has 0 unspecified atom stereocenters. The van der Waals surface area contributed by atoms with E-state index in [0.717, 1.165) is 41.5 Å². The number of hydrogen-bond acceptors (Lipinski definition) is 1. The zero-order valence-corrected chi connectivity index (χ0v) is 10.0. The number of aryl methyl sites for hydroxylation is 2. The zero-order chi connectivity index (χ0) is 11.5. The van der Waals surface area contributed by atoms with Crippen LogP contribution < -0.4 is 0 Å². The largest absolute Gasteiger partial charge is 0.289 e. The van der Waals surface area contributed by atoms with Crippen LogP contribution in [-0.4, -0.2) is 5.78 Å². The van der Waals surface area contributed by atoms with Crippen LogP contribution in [0.3, 0.4) is 0 Å². The van der Waals surface area contributed by atoms with E-state index in [0.29, 0.717) is 0 Å². The first-order chi connectivity index (χ1) is 7.70. The Morgan fingerprint density at radius 3 is 2.38 bits per heavy atom. The summed E-state index contributed by atoms with van der Waals surface area (Å²) in [6, 6.07) is 6.05. The van der Waals surface area contributed by atoms with Gasteiger partial charge in [-0.15, -0.1) is 0 Å². The molecule has 0 amide bonds. The standard InChI is InChI=1S/C15H18O/c1-11-7-6-8-12(2)14(11)15(16)13-9-4-3-5-10-13/h6-9H,3-5,10H2,1-2H3. The van der Waals surface area contributed by atoms with Crippen LogP contribution in [0.5, 0.6) is 0 Å². The molecule has 0 bridgehead atoms. The molecular formula is C15H18O. The summed E-state index contributed by atoms with van der Waals surface area (Å²) >= 11 is 0. The number of carbonyl (C=O) groups is 1. The van der Waals surface area contributed by atoms with E-state index >= 15 is 0 Å². The number of Topliss-reactive ketones (excluding diaryl/α,β-unsaturated/α-hetero) is 1. The molecule has 1 aromatic carbocycles. The molecule has 1 aromatic rings. The average molecular weight is 214 g/mol. The van der Waals surface area contributed by atoms with Gasteiger partial charge in [-0.3, -0.25) is 4.79 Å². The van der Waals surface area contributed by atoms with E-state index in [-0.39, 0.29) is 5.78 Å². The average Bonchev–Trinajstić information content (AvgIpc) is 2.30. The van der Waals surface area contributed by atoms with Gasteiger partial charge in [0.2, 0.25) is 0 Å². The third kappa shape index (κ3) is 2.08. The molecule has 0 atom stereocenters. The second-order valence-electron chi connectivity index (χ2n) is 4.57. The number of rotatable bonds is 2. The Balaban J connectivity index is 2.37. The lowest BCUT2D eigenvalue weighted by molar-refractivity contribution is 0.102. The predicted molar refractivity (Wildman–Crippen MR) is 66.8 cm³/mol. The molecule has 0 aliphatic heterocycles. The predicted octanol–water partition coefficient (Wildman–Crippen LogP) is 3.99. The maximum absolute atomic E-state index is 12.4. The van der Waals surface area contributed by atoms with E-state index in [2.05, 4.69) is 6.08 Å². The molecule has 0 heterocycles. The highest BCUT2D eigenvalue weighted by Gasteiger charge is 2.17. The lowest BCUT2D eigenvalue weighted by atomic mass is 9.89. The van der Waals surface area contributed by atoms with Gasteiger partial charge in [-0.1, -0.05) is 24.3 Å². The smallest absolute Gasteiger partial charge is 0.189 e. The van der Waals surface area contributed by atoms with Crippen LogP contribution in [0.1, 0.15) is 47.2 Å². The van der Waals surface area contributed by atoms with Gasteiger partial charge in [0.1, 0.15) is 0 Å². The SMILES string of the molecule is Cc1cccc(C)c1C(=O)C1=CCCCC1. The van der Waals surface area contributed by atoms with Crippen LogP contribution >= 0.6 is 0 Å². The molecule has 0 saturated heterocycles. The molecule has 0 aromatic heterocycles. The van der Waals surface area contributed by atoms with Crippen molar-refractivity contribution in [2.45, 2.75) is 39.5 Å². The van der Waals surface area contributed by atoms with E-state index in [4.69, 9.17) is 0 Å². The quantitative estimate of drug-likeness (QED) is 0.680. The molecule has 84 valence electrons. The Hall–Kier alpha value is -1.37. The molecule has 0 spiro atoms. The molecule has 1 aliphatic rings. The Labute approximate surface area is 97.2 Å². The molecule has 1 heteroatoms. The molecule has 1 nitrogen and oxygen atoms in total. The number of carbonyl (C=O) groups excluding carboxylic acids is 1. The fourth-order valence-corrected chi connectivity index (χ4v) is 2.38. The monoisotopic (exact) mass is 214 g/mol. The molecule has 0 saturated carbocycles. The summed E-state index contributed by atoms with van der Waals surface area (Å²) in [6.45, 7) is 4.03. The van der Waals surface area contributed by atoms with Crippen LogP contribution in [-0.2, 0) is 0 Å². The minimum atomic E-state index is 0.246. The molecular weight excluding hydrogens is 196 g/mol. The summed E-state index contributed by atoms with van der Waals surface area (Å²) in [6.07, 6.45) is 6.52. The second kappa shape index (κ2) is 4.65. The van der Waals surface area contributed by atoms with Gasteiger partial charge in [-0.2, -0.15) is 0 Å². The van der Waals surface area contributed by atoms with E-state index in [9.17, 15) is 4.79 Å². The van der Waals surface area contributed by atoms with Gasteiger partial charge in [-0.05, 0) is 56.2 Å². The summed E-state index contributed by atoms with van der Waals surface area (Å²) in [7, 11) is 0. The summed E-state index contributed by atoms with van der Waals surface area (Å²) < 4.78 is 0. The topological polar surface area (TPSA) is 17.1 Å². The second-order valence-corrected chi connectivity index (χ2v) is 4.57. The minimum absolute atomic E-state index is 0.246. The van der Waals surface area contributed by atoms with Crippen molar-refractivity contribution in [1.29, 1.82) is 0 Å². The van der Waals surface area contributed by atoms with Gasteiger partial charge in [0.25, 0.3) is 0 Å². The van der Waals surface area contributed by atoms with Gasteiger partial charge in [0.15, 0.2) is 5.78 Å². The number of ketones is 1. The number of benzene rings is 1. The van der Waals surface area contributed by atoms with Crippen molar-refractivity contribution in [3.05, 3.63) is 46.5 Å². The van der Waals surface area contributed by atoms with Crippen molar-refractivity contribution in [3.8, 4) is 0 Å². The van der Waals surface area contributed by atoms with E-state index < -0.39 is 0 Å². The van der Waals surface area contributed by atoms with Crippen molar-refractivity contribution in [2.75, 3.05) is 0 Å². The zero-order valence-electron chi connectivity index (χ0n) is 10.0. The van der Waals surface area contributed by atoms with Crippen molar-refractivity contribution in [1.82, 2.24) is 0 Å². The first-order valence-electron chi connectivity index (χ1n) is 6.00. The van der Waals surface area contributed by atoms with E-state index in [1.165, 1.54) is 6.42 Å². The van der Waals surface area contributed by atoms with Crippen molar-refractivity contribution in [2.24, 2.45) is 0 Å². The van der Waals surface area contributed by atoms with Crippen molar-refractivity contribution in [3.63, 3.8) is 0 Å². The van der Waals surface area contributed by atoms with Gasteiger partial charge in [-0.25, -0.2) is 0 Å². The highest BCUT2D eigenvalue weighted by atomic mass is 16.1. The first-order valence-corrected chi connectivity index (χ1v) is 6.00. The molecule has 2 rings (SSSR count). The maximum atomic E-state index is 12.4.